The van der Waals surface area contributed by atoms with E-state index in [9.17, 15) is 0 Å². The highest BCUT2D eigenvalue weighted by molar-refractivity contribution is 7.15. The van der Waals surface area contributed by atoms with Crippen molar-refractivity contribution in [2.75, 3.05) is 15.2 Å². The summed E-state index contributed by atoms with van der Waals surface area (Å²) in [6.45, 7) is 4.12. The molecule has 0 saturated carbocycles. The van der Waals surface area contributed by atoms with E-state index in [2.05, 4.69) is 24.2 Å². The van der Waals surface area contributed by atoms with Gasteiger partial charge in [0.25, 0.3) is 0 Å². The van der Waals surface area contributed by atoms with Crippen LogP contribution in [-0.2, 0) is 0 Å². The molecule has 0 aliphatic carbocycles. The van der Waals surface area contributed by atoms with Crippen molar-refractivity contribution in [3.63, 3.8) is 0 Å². The molecule has 0 atom stereocenters. The van der Waals surface area contributed by atoms with Crippen LogP contribution in [0.4, 0.5) is 16.5 Å². The van der Waals surface area contributed by atoms with Crippen molar-refractivity contribution < 1.29 is 0 Å². The van der Waals surface area contributed by atoms with Gasteiger partial charge < -0.3 is 0 Å². The van der Waals surface area contributed by atoms with E-state index in [4.69, 9.17) is 4.98 Å². The summed E-state index contributed by atoms with van der Waals surface area (Å²) in [4.78, 5) is 5.93. The lowest BCUT2D eigenvalue weighted by molar-refractivity contribution is 0.812. The zero-order chi connectivity index (χ0) is 16.5. The predicted octanol–water partition coefficient (Wildman–Crippen LogP) is 4.37. The van der Waals surface area contributed by atoms with Crippen molar-refractivity contribution >= 4 is 34.2 Å². The third-order valence-corrected chi connectivity index (χ3v) is 4.89. The van der Waals surface area contributed by atoms with Crippen LogP contribution in [0, 0.1) is 13.8 Å². The third kappa shape index (κ3) is 2.51. The van der Waals surface area contributed by atoms with Gasteiger partial charge in [0.2, 0.25) is 5.13 Å². The summed E-state index contributed by atoms with van der Waals surface area (Å²) in [5.41, 5.74) is 3.06. The lowest BCUT2D eigenvalue weighted by Gasteiger charge is -2.32. The average Bonchev–Trinajstić information content (AvgIpc) is 3.20. The van der Waals surface area contributed by atoms with Crippen molar-refractivity contribution in [3.8, 4) is 0 Å². The number of hydrazine groups is 2. The number of nitrogens with zero attached hydrogens (tertiary/aromatic N) is 5. The number of hydrazone groups is 1. The molecule has 1 aliphatic rings. The summed E-state index contributed by atoms with van der Waals surface area (Å²) < 4.78 is 0. The van der Waals surface area contributed by atoms with Crippen LogP contribution in [0.1, 0.15) is 10.6 Å². The average molecular weight is 335 g/mol. The lowest BCUT2D eigenvalue weighted by Crippen LogP contribution is -2.46. The molecule has 2 aromatic carbocycles. The Balaban J connectivity index is 1.79. The van der Waals surface area contributed by atoms with Gasteiger partial charge >= 0.3 is 0 Å². The van der Waals surface area contributed by atoms with Crippen molar-refractivity contribution in [3.05, 3.63) is 71.2 Å². The van der Waals surface area contributed by atoms with Gasteiger partial charge in [0.1, 0.15) is 6.34 Å². The number of anilines is 3. The van der Waals surface area contributed by atoms with Crippen molar-refractivity contribution in [1.29, 1.82) is 0 Å². The van der Waals surface area contributed by atoms with Gasteiger partial charge in [-0.15, -0.1) is 15.3 Å². The first-order chi connectivity index (χ1) is 11.7. The minimum Gasteiger partial charge on any atom is -0.222 e. The second-order valence-corrected chi connectivity index (χ2v) is 6.65. The zero-order valence-corrected chi connectivity index (χ0v) is 14.3. The zero-order valence-electron chi connectivity index (χ0n) is 13.5. The van der Waals surface area contributed by atoms with E-state index in [1.165, 1.54) is 4.88 Å². The molecule has 0 unspecified atom stereocenters. The van der Waals surface area contributed by atoms with E-state index in [0.717, 1.165) is 22.2 Å². The summed E-state index contributed by atoms with van der Waals surface area (Å²) in [6, 6.07) is 20.2. The summed E-state index contributed by atoms with van der Waals surface area (Å²) in [5, 5.41) is 11.3. The van der Waals surface area contributed by atoms with Crippen LogP contribution in [0.5, 0.6) is 0 Å². The highest BCUT2D eigenvalue weighted by Gasteiger charge is 2.31. The Hall–Kier alpha value is -2.86. The van der Waals surface area contributed by atoms with Crippen LogP contribution in [-0.4, -0.2) is 11.3 Å². The Labute approximate surface area is 145 Å². The van der Waals surface area contributed by atoms with Gasteiger partial charge in [-0.1, -0.05) is 47.7 Å². The number of aromatic nitrogens is 1. The van der Waals surface area contributed by atoms with Gasteiger partial charge in [-0.25, -0.2) is 9.99 Å². The molecule has 0 bridgehead atoms. The molecule has 1 aromatic heterocycles. The molecule has 0 spiro atoms. The van der Waals surface area contributed by atoms with Crippen molar-refractivity contribution in [1.82, 2.24) is 4.98 Å². The lowest BCUT2D eigenvalue weighted by atomic mass is 10.3. The Kier molecular flexibility index (Phi) is 3.66. The molecular weight excluding hydrogens is 318 g/mol. The maximum absolute atomic E-state index is 4.72. The topological polar surface area (TPSA) is 35.0 Å². The number of hydrogen-bond donors (Lipinski definition) is 0. The maximum atomic E-state index is 4.72. The normalized spacial score (nSPS) is 13.8. The molecule has 3 aromatic rings. The summed E-state index contributed by atoms with van der Waals surface area (Å²) in [5.74, 6) is 0. The highest BCUT2D eigenvalue weighted by Crippen LogP contribution is 2.34. The molecule has 0 saturated heterocycles. The second kappa shape index (κ2) is 5.98. The van der Waals surface area contributed by atoms with Gasteiger partial charge in [-0.05, 0) is 38.1 Å². The van der Waals surface area contributed by atoms with Gasteiger partial charge in [-0.2, -0.15) is 0 Å². The number of benzene rings is 2. The molecule has 0 amide bonds. The van der Waals surface area contributed by atoms with Gasteiger partial charge in [0.15, 0.2) is 0 Å². The predicted molar refractivity (Wildman–Crippen MR) is 100 cm³/mol. The minimum absolute atomic E-state index is 0.884. The molecule has 120 valence electrons. The van der Waals surface area contributed by atoms with E-state index in [-0.39, 0.29) is 0 Å². The number of aryl methyl sites for hydroxylation is 2. The fraction of sp³-hybridized carbons (Fsp3) is 0.111. The van der Waals surface area contributed by atoms with E-state index in [1.807, 2.05) is 77.0 Å². The molecule has 24 heavy (non-hydrogen) atoms. The van der Waals surface area contributed by atoms with Gasteiger partial charge in [0, 0.05) is 4.88 Å². The van der Waals surface area contributed by atoms with Gasteiger partial charge in [0.05, 0.1) is 17.1 Å². The van der Waals surface area contributed by atoms with Crippen LogP contribution in [0.15, 0.2) is 65.8 Å². The fourth-order valence-electron chi connectivity index (χ4n) is 2.50. The monoisotopic (exact) mass is 335 g/mol. The third-order valence-electron chi connectivity index (χ3n) is 3.85. The van der Waals surface area contributed by atoms with E-state index >= 15 is 0 Å². The molecule has 0 fully saturated rings. The van der Waals surface area contributed by atoms with E-state index in [1.54, 1.807) is 11.3 Å². The van der Waals surface area contributed by atoms with E-state index < -0.39 is 0 Å². The van der Waals surface area contributed by atoms with Crippen LogP contribution in [0.25, 0.3) is 0 Å². The summed E-state index contributed by atoms with van der Waals surface area (Å²) in [7, 11) is 0. The number of thiazole rings is 1. The number of hydrogen-bond acceptors (Lipinski definition) is 6. The van der Waals surface area contributed by atoms with Crippen LogP contribution in [0.2, 0.25) is 0 Å². The standard InChI is InChI=1S/C18H17N5S/c1-14-15(2)24-18(20-14)23-21(16-9-5-3-6-10-16)13-19-22(23)17-11-7-4-8-12-17/h3-13H,1-2H3. The summed E-state index contributed by atoms with van der Waals surface area (Å²) >= 11 is 1.66. The molecule has 5 nitrogen and oxygen atoms in total. The minimum atomic E-state index is 0.884. The highest BCUT2D eigenvalue weighted by atomic mass is 32.1. The van der Waals surface area contributed by atoms with Crippen LogP contribution >= 0.6 is 11.3 Å². The fourth-order valence-corrected chi connectivity index (χ4v) is 3.39. The molecule has 0 N–H and O–H groups in total. The Morgan fingerprint density at radius 2 is 1.46 bits per heavy atom. The van der Waals surface area contributed by atoms with Crippen LogP contribution in [0.3, 0.4) is 0 Å². The largest absolute Gasteiger partial charge is 0.228 e. The van der Waals surface area contributed by atoms with Gasteiger partial charge in [-0.3, -0.25) is 0 Å². The smallest absolute Gasteiger partial charge is 0.222 e. The Morgan fingerprint density at radius 3 is 2.04 bits per heavy atom. The van der Waals surface area contributed by atoms with E-state index in [0.29, 0.717) is 0 Å². The first kappa shape index (κ1) is 14.7. The van der Waals surface area contributed by atoms with Crippen molar-refractivity contribution in [2.24, 2.45) is 5.10 Å². The Bertz CT molecular complexity index is 791. The maximum Gasteiger partial charge on any atom is 0.228 e. The van der Waals surface area contributed by atoms with Crippen LogP contribution < -0.4 is 15.2 Å². The molecular formula is C18H17N5S. The van der Waals surface area contributed by atoms with Crippen molar-refractivity contribution in [2.45, 2.75) is 13.8 Å². The molecule has 2 heterocycles. The first-order valence-electron chi connectivity index (χ1n) is 7.71. The first-order valence-corrected chi connectivity index (χ1v) is 8.53. The Morgan fingerprint density at radius 1 is 0.833 bits per heavy atom. The summed E-state index contributed by atoms with van der Waals surface area (Å²) in [6.07, 6.45) is 1.81. The molecule has 4 rings (SSSR count). The quantitative estimate of drug-likeness (QED) is 0.712. The molecule has 6 heteroatoms. The molecule has 1 aliphatic heterocycles. The number of para-hydroxylation sites is 2. The SMILES string of the molecule is Cc1nc(N2N(c3ccccc3)C=NN2c2ccccc2)sc1C. The molecule has 0 radical (unpaired) electrons. The second-order valence-electron chi connectivity index (χ2n) is 5.46. The number of rotatable bonds is 3.